The maximum Gasteiger partial charge on any atom is 0.407 e. The molecule has 10 heteroatoms. The molecule has 216 valence electrons. The summed E-state index contributed by atoms with van der Waals surface area (Å²) in [6.45, 7) is 5.44. The first-order valence-electron chi connectivity index (χ1n) is 13.4. The molecule has 0 aliphatic rings. The number of benzene rings is 2. The molecule has 0 heterocycles. The largest absolute Gasteiger partial charge is 0.445 e. The normalized spacial score (nSPS) is 10.7. The molecule has 0 aromatic heterocycles. The molecule has 0 fully saturated rings. The van der Waals surface area contributed by atoms with E-state index in [1.54, 1.807) is 0 Å². The lowest BCUT2D eigenvalue weighted by Gasteiger charge is -2.09. The SMILES string of the molecule is O=C(NCCOCCOCCCCCOCCOCCNC(=O)OCc1ccccc1)OCc1ccccc1. The highest BCUT2D eigenvalue weighted by Crippen LogP contribution is 2.01. The zero-order valence-corrected chi connectivity index (χ0v) is 22.6. The molecule has 2 aromatic rings. The number of rotatable bonds is 22. The van der Waals surface area contributed by atoms with Crippen molar-refractivity contribution in [1.29, 1.82) is 0 Å². The molecule has 2 aromatic carbocycles. The number of nitrogens with one attached hydrogen (secondary N) is 2. The van der Waals surface area contributed by atoms with Crippen molar-refractivity contribution in [2.75, 3.05) is 65.9 Å². The summed E-state index contributed by atoms with van der Waals surface area (Å²) in [5.74, 6) is 0. The first-order chi connectivity index (χ1) is 19.2. The van der Waals surface area contributed by atoms with Crippen LogP contribution in [0.3, 0.4) is 0 Å². The number of carbonyl (C=O) groups is 2. The van der Waals surface area contributed by atoms with Crippen molar-refractivity contribution in [3.8, 4) is 0 Å². The van der Waals surface area contributed by atoms with Crippen molar-refractivity contribution in [2.24, 2.45) is 0 Å². The molecular formula is C29H42N2O8. The fraction of sp³-hybridized carbons (Fsp3) is 0.517. The van der Waals surface area contributed by atoms with Crippen molar-refractivity contribution in [1.82, 2.24) is 10.6 Å². The van der Waals surface area contributed by atoms with Gasteiger partial charge in [-0.1, -0.05) is 60.7 Å². The van der Waals surface area contributed by atoms with Gasteiger partial charge in [0.25, 0.3) is 0 Å². The number of amides is 2. The van der Waals surface area contributed by atoms with Crippen molar-refractivity contribution in [2.45, 2.75) is 32.5 Å². The van der Waals surface area contributed by atoms with E-state index in [1.165, 1.54) is 0 Å². The Kier molecular flexibility index (Phi) is 18.7. The van der Waals surface area contributed by atoms with Crippen LogP contribution in [-0.2, 0) is 41.6 Å². The summed E-state index contributed by atoms with van der Waals surface area (Å²) in [7, 11) is 0. The Morgan fingerprint density at radius 3 is 1.28 bits per heavy atom. The summed E-state index contributed by atoms with van der Waals surface area (Å²) in [6.07, 6.45) is 2.02. The van der Waals surface area contributed by atoms with E-state index < -0.39 is 12.2 Å². The highest BCUT2D eigenvalue weighted by atomic mass is 16.6. The van der Waals surface area contributed by atoms with Gasteiger partial charge in [-0.15, -0.1) is 0 Å². The van der Waals surface area contributed by atoms with Crippen LogP contribution in [0.15, 0.2) is 60.7 Å². The molecule has 10 nitrogen and oxygen atoms in total. The van der Waals surface area contributed by atoms with Crippen LogP contribution in [0.1, 0.15) is 30.4 Å². The molecule has 0 radical (unpaired) electrons. The van der Waals surface area contributed by atoms with E-state index in [2.05, 4.69) is 10.6 Å². The van der Waals surface area contributed by atoms with E-state index in [-0.39, 0.29) is 13.2 Å². The van der Waals surface area contributed by atoms with Gasteiger partial charge in [0.2, 0.25) is 0 Å². The van der Waals surface area contributed by atoms with E-state index in [1.807, 2.05) is 60.7 Å². The van der Waals surface area contributed by atoms with Crippen LogP contribution in [0.25, 0.3) is 0 Å². The van der Waals surface area contributed by atoms with Crippen molar-refractivity contribution in [3.63, 3.8) is 0 Å². The van der Waals surface area contributed by atoms with Gasteiger partial charge in [-0.25, -0.2) is 9.59 Å². The number of unbranched alkanes of at least 4 members (excludes halogenated alkanes) is 2. The van der Waals surface area contributed by atoms with Gasteiger partial charge < -0.3 is 39.1 Å². The molecule has 2 amide bonds. The summed E-state index contributed by atoms with van der Waals surface area (Å²) in [6, 6.07) is 19.1. The number of hydrogen-bond donors (Lipinski definition) is 2. The lowest BCUT2D eigenvalue weighted by molar-refractivity contribution is 0.0403. The quantitative estimate of drug-likeness (QED) is 0.213. The number of ether oxygens (including phenoxy) is 6. The van der Waals surface area contributed by atoms with Crippen LogP contribution in [0.5, 0.6) is 0 Å². The predicted molar refractivity (Wildman–Crippen MR) is 146 cm³/mol. The van der Waals surface area contributed by atoms with E-state index in [0.717, 1.165) is 30.4 Å². The first-order valence-corrected chi connectivity index (χ1v) is 13.4. The third-order valence-electron chi connectivity index (χ3n) is 5.28. The third kappa shape index (κ3) is 18.7. The highest BCUT2D eigenvalue weighted by molar-refractivity contribution is 5.67. The van der Waals surface area contributed by atoms with E-state index in [4.69, 9.17) is 28.4 Å². The van der Waals surface area contributed by atoms with Crippen molar-refractivity contribution in [3.05, 3.63) is 71.8 Å². The monoisotopic (exact) mass is 546 g/mol. The van der Waals surface area contributed by atoms with Crippen LogP contribution >= 0.6 is 0 Å². The maximum absolute atomic E-state index is 11.6. The minimum absolute atomic E-state index is 0.247. The van der Waals surface area contributed by atoms with Crippen LogP contribution in [0.2, 0.25) is 0 Å². The molecule has 0 aliphatic carbocycles. The molecular weight excluding hydrogens is 504 g/mol. The molecule has 0 atom stereocenters. The van der Waals surface area contributed by atoms with Crippen LogP contribution < -0.4 is 10.6 Å². The van der Waals surface area contributed by atoms with Gasteiger partial charge in [-0.3, -0.25) is 0 Å². The molecule has 2 rings (SSSR count). The Morgan fingerprint density at radius 1 is 0.487 bits per heavy atom. The molecule has 0 saturated heterocycles. The average molecular weight is 547 g/mol. The van der Waals surface area contributed by atoms with Gasteiger partial charge >= 0.3 is 12.2 Å². The Hall–Kier alpha value is -3.18. The molecule has 0 aliphatic heterocycles. The number of hydrogen-bond acceptors (Lipinski definition) is 8. The summed E-state index contributed by atoms with van der Waals surface area (Å²) < 4.78 is 32.2. The average Bonchev–Trinajstić information content (AvgIpc) is 2.97. The fourth-order valence-electron chi connectivity index (χ4n) is 3.23. The second-order valence-electron chi connectivity index (χ2n) is 8.49. The number of alkyl carbamates (subject to hydrolysis) is 2. The molecule has 0 unspecified atom stereocenters. The zero-order valence-electron chi connectivity index (χ0n) is 22.6. The topological polar surface area (TPSA) is 114 Å². The first kappa shape index (κ1) is 32.0. The van der Waals surface area contributed by atoms with Gasteiger partial charge in [0.15, 0.2) is 0 Å². The molecule has 0 saturated carbocycles. The third-order valence-corrected chi connectivity index (χ3v) is 5.28. The van der Waals surface area contributed by atoms with E-state index in [0.29, 0.717) is 65.9 Å². The summed E-state index contributed by atoms with van der Waals surface area (Å²) >= 11 is 0. The summed E-state index contributed by atoms with van der Waals surface area (Å²) in [5, 5.41) is 5.30. The van der Waals surface area contributed by atoms with E-state index >= 15 is 0 Å². The minimum atomic E-state index is -0.457. The second kappa shape index (κ2) is 22.8. The second-order valence-corrected chi connectivity index (χ2v) is 8.49. The van der Waals surface area contributed by atoms with Crippen LogP contribution in [-0.4, -0.2) is 78.1 Å². The Labute approximate surface area is 231 Å². The predicted octanol–water partition coefficient (Wildman–Crippen LogP) is 4.08. The smallest absolute Gasteiger partial charge is 0.407 e. The highest BCUT2D eigenvalue weighted by Gasteiger charge is 2.03. The molecule has 0 spiro atoms. The fourth-order valence-corrected chi connectivity index (χ4v) is 3.23. The Morgan fingerprint density at radius 2 is 0.872 bits per heavy atom. The standard InChI is InChI=1S/C29H42N2O8/c32-28(38-24-26-10-4-1-5-11-26)30-14-18-36-22-20-34-16-8-3-9-17-35-21-23-37-19-15-31-29(33)39-25-27-12-6-2-7-13-27/h1-2,4-7,10-13H,3,8-9,14-25H2,(H,30,32)(H,31,33). The zero-order chi connectivity index (χ0) is 27.6. The molecule has 39 heavy (non-hydrogen) atoms. The van der Waals surface area contributed by atoms with E-state index in [9.17, 15) is 9.59 Å². The van der Waals surface area contributed by atoms with Gasteiger partial charge in [0, 0.05) is 26.3 Å². The van der Waals surface area contributed by atoms with Crippen LogP contribution in [0, 0.1) is 0 Å². The van der Waals surface area contributed by atoms with Gasteiger partial charge in [-0.2, -0.15) is 0 Å². The van der Waals surface area contributed by atoms with Gasteiger partial charge in [0.05, 0.1) is 39.6 Å². The minimum Gasteiger partial charge on any atom is -0.445 e. The van der Waals surface area contributed by atoms with Gasteiger partial charge in [-0.05, 0) is 30.4 Å². The molecule has 0 bridgehead atoms. The van der Waals surface area contributed by atoms with Gasteiger partial charge in [0.1, 0.15) is 13.2 Å². The van der Waals surface area contributed by atoms with Crippen LogP contribution in [0.4, 0.5) is 9.59 Å². The number of carbonyl (C=O) groups excluding carboxylic acids is 2. The summed E-state index contributed by atoms with van der Waals surface area (Å²) in [5.41, 5.74) is 1.89. The lowest BCUT2D eigenvalue weighted by Crippen LogP contribution is -2.28. The van der Waals surface area contributed by atoms with Crippen molar-refractivity contribution < 1.29 is 38.0 Å². The van der Waals surface area contributed by atoms with Crippen molar-refractivity contribution >= 4 is 12.2 Å². The Bertz CT molecular complexity index is 799. The summed E-state index contributed by atoms with van der Waals surface area (Å²) in [4.78, 5) is 23.2. The maximum atomic E-state index is 11.6. The lowest BCUT2D eigenvalue weighted by atomic mass is 10.2. The Balaban J connectivity index is 1.22. The molecule has 2 N–H and O–H groups in total.